The van der Waals surface area contributed by atoms with E-state index in [1.54, 1.807) is 11.1 Å². The Kier molecular flexibility index (Phi) is 1.17. The summed E-state index contributed by atoms with van der Waals surface area (Å²) >= 11 is 0. The van der Waals surface area contributed by atoms with Crippen molar-refractivity contribution in [2.45, 2.75) is 20.3 Å². The number of hydrogen-bond donors (Lipinski definition) is 0. The van der Waals surface area contributed by atoms with Gasteiger partial charge in [0.2, 0.25) is 0 Å². The first-order valence-corrected chi connectivity index (χ1v) is 4.78. The molecule has 0 heterocycles. The van der Waals surface area contributed by atoms with Crippen molar-refractivity contribution in [3.8, 4) is 0 Å². The first-order chi connectivity index (χ1) is 6.29. The average Bonchev–Trinajstić information content (AvgIpc) is 2.94. The van der Waals surface area contributed by atoms with E-state index in [2.05, 4.69) is 38.1 Å². The molecule has 0 aromatic heterocycles. The highest BCUT2D eigenvalue weighted by atomic mass is 14.3. The molecule has 0 atom stereocenters. The summed E-state index contributed by atoms with van der Waals surface area (Å²) in [4.78, 5) is 0. The maximum absolute atomic E-state index is 2.24. The van der Waals surface area contributed by atoms with Gasteiger partial charge in [0.15, 0.2) is 0 Å². The van der Waals surface area contributed by atoms with Crippen molar-refractivity contribution in [2.24, 2.45) is 0 Å². The molecule has 13 heavy (non-hydrogen) atoms. The van der Waals surface area contributed by atoms with Crippen LogP contribution in [0.4, 0.5) is 0 Å². The van der Waals surface area contributed by atoms with Crippen molar-refractivity contribution in [2.75, 3.05) is 0 Å². The molecule has 64 valence electrons. The van der Waals surface area contributed by atoms with Gasteiger partial charge in [-0.25, -0.2) is 0 Å². The Morgan fingerprint density at radius 1 is 0.846 bits per heavy atom. The van der Waals surface area contributed by atoms with Crippen LogP contribution in [0.2, 0.25) is 0 Å². The molecule has 0 saturated carbocycles. The lowest BCUT2D eigenvalue weighted by atomic mass is 10.0. The summed E-state index contributed by atoms with van der Waals surface area (Å²) in [5.41, 5.74) is 6.18. The molecule has 2 aromatic rings. The molecule has 0 heteroatoms. The third-order valence-corrected chi connectivity index (χ3v) is 3.23. The van der Waals surface area contributed by atoms with Gasteiger partial charge in [-0.15, -0.1) is 0 Å². The standard InChI is InChI=1S/C13H12/c1-8-10-5-3-4-6-11(10)9(2)13-7-12(8)13/h3-6H,7H2,1-2H3. The summed E-state index contributed by atoms with van der Waals surface area (Å²) < 4.78 is 0. The van der Waals surface area contributed by atoms with Gasteiger partial charge in [-0.05, 0) is 53.3 Å². The summed E-state index contributed by atoms with van der Waals surface area (Å²) in [7, 11) is 0. The van der Waals surface area contributed by atoms with E-state index in [4.69, 9.17) is 0 Å². The van der Waals surface area contributed by atoms with Crippen LogP contribution in [0, 0.1) is 13.8 Å². The zero-order chi connectivity index (χ0) is 9.00. The largest absolute Gasteiger partial charge is 0.0616 e. The molecular weight excluding hydrogens is 156 g/mol. The van der Waals surface area contributed by atoms with Crippen LogP contribution < -0.4 is 0 Å². The molecule has 0 bridgehead atoms. The van der Waals surface area contributed by atoms with Gasteiger partial charge in [0, 0.05) is 0 Å². The third kappa shape index (κ3) is 0.806. The molecule has 1 aliphatic rings. The van der Waals surface area contributed by atoms with Gasteiger partial charge in [-0.3, -0.25) is 0 Å². The van der Waals surface area contributed by atoms with Crippen LogP contribution in [-0.2, 0) is 6.42 Å². The molecule has 0 radical (unpaired) electrons. The minimum absolute atomic E-state index is 1.23. The Morgan fingerprint density at radius 2 is 1.31 bits per heavy atom. The Hall–Kier alpha value is -1.30. The van der Waals surface area contributed by atoms with Gasteiger partial charge in [0.25, 0.3) is 0 Å². The van der Waals surface area contributed by atoms with Crippen LogP contribution in [0.5, 0.6) is 0 Å². The monoisotopic (exact) mass is 168 g/mol. The van der Waals surface area contributed by atoms with Crippen LogP contribution in [0.1, 0.15) is 22.3 Å². The Bertz CT molecular complexity index is 460. The molecule has 2 aromatic carbocycles. The van der Waals surface area contributed by atoms with Crippen LogP contribution in [0.15, 0.2) is 24.3 Å². The van der Waals surface area contributed by atoms with E-state index in [9.17, 15) is 0 Å². The minimum atomic E-state index is 1.23. The fraction of sp³-hybridized carbons (Fsp3) is 0.231. The second-order valence-electron chi connectivity index (χ2n) is 3.93. The molecule has 0 aliphatic heterocycles. The second-order valence-corrected chi connectivity index (χ2v) is 3.93. The summed E-state index contributed by atoms with van der Waals surface area (Å²) in [5.74, 6) is 0. The first kappa shape index (κ1) is 7.14. The molecule has 0 unspecified atom stereocenters. The molecule has 0 amide bonds. The van der Waals surface area contributed by atoms with Crippen molar-refractivity contribution in [1.29, 1.82) is 0 Å². The van der Waals surface area contributed by atoms with Crippen molar-refractivity contribution in [3.63, 3.8) is 0 Å². The predicted molar refractivity (Wildman–Crippen MR) is 56.2 cm³/mol. The summed E-state index contributed by atoms with van der Waals surface area (Å²) in [5, 5.41) is 2.88. The predicted octanol–water partition coefficient (Wildman–Crippen LogP) is 3.36. The van der Waals surface area contributed by atoms with Crippen molar-refractivity contribution >= 4 is 10.8 Å². The van der Waals surface area contributed by atoms with Crippen LogP contribution >= 0.6 is 0 Å². The molecule has 0 saturated heterocycles. The lowest BCUT2D eigenvalue weighted by Gasteiger charge is -2.03. The summed E-state index contributed by atoms with van der Waals surface area (Å²) in [6.45, 7) is 4.49. The molecule has 0 nitrogen and oxygen atoms in total. The SMILES string of the molecule is Cc1c2c(c(C)c3ccccc13)C2. The van der Waals surface area contributed by atoms with E-state index in [1.165, 1.54) is 28.3 Å². The summed E-state index contributed by atoms with van der Waals surface area (Å²) in [6.07, 6.45) is 1.23. The van der Waals surface area contributed by atoms with E-state index in [-0.39, 0.29) is 0 Å². The van der Waals surface area contributed by atoms with Crippen LogP contribution in [-0.4, -0.2) is 0 Å². The maximum atomic E-state index is 2.24. The van der Waals surface area contributed by atoms with Gasteiger partial charge in [0.05, 0.1) is 0 Å². The van der Waals surface area contributed by atoms with E-state index in [0.29, 0.717) is 0 Å². The van der Waals surface area contributed by atoms with Gasteiger partial charge in [-0.1, -0.05) is 24.3 Å². The highest BCUT2D eigenvalue weighted by Gasteiger charge is 2.24. The van der Waals surface area contributed by atoms with Crippen molar-refractivity contribution < 1.29 is 0 Å². The van der Waals surface area contributed by atoms with Crippen molar-refractivity contribution in [1.82, 2.24) is 0 Å². The fourth-order valence-corrected chi connectivity index (χ4v) is 2.31. The van der Waals surface area contributed by atoms with Gasteiger partial charge in [-0.2, -0.15) is 0 Å². The Labute approximate surface area is 78.2 Å². The quantitative estimate of drug-likeness (QED) is 0.483. The first-order valence-electron chi connectivity index (χ1n) is 4.78. The van der Waals surface area contributed by atoms with Crippen molar-refractivity contribution in [3.05, 3.63) is 46.5 Å². The zero-order valence-corrected chi connectivity index (χ0v) is 8.02. The lowest BCUT2D eigenvalue weighted by Crippen LogP contribution is -1.81. The number of rotatable bonds is 0. The number of benzene rings is 2. The fourth-order valence-electron chi connectivity index (χ4n) is 2.31. The van der Waals surface area contributed by atoms with Crippen LogP contribution in [0.25, 0.3) is 10.8 Å². The van der Waals surface area contributed by atoms with E-state index in [0.717, 1.165) is 0 Å². The smallest absolute Gasteiger partial charge is 0.00142 e. The highest BCUT2D eigenvalue weighted by Crippen LogP contribution is 2.40. The maximum Gasteiger partial charge on any atom is -0.00142 e. The third-order valence-electron chi connectivity index (χ3n) is 3.23. The molecule has 0 fully saturated rings. The zero-order valence-electron chi connectivity index (χ0n) is 8.02. The molecular formula is C13H12. The second kappa shape index (κ2) is 2.14. The minimum Gasteiger partial charge on any atom is -0.0616 e. The van der Waals surface area contributed by atoms with E-state index >= 15 is 0 Å². The molecule has 3 rings (SSSR count). The highest BCUT2D eigenvalue weighted by molar-refractivity contribution is 5.93. The van der Waals surface area contributed by atoms with Gasteiger partial charge < -0.3 is 0 Å². The van der Waals surface area contributed by atoms with Gasteiger partial charge >= 0.3 is 0 Å². The molecule has 0 N–H and O–H groups in total. The molecule has 1 aliphatic carbocycles. The summed E-state index contributed by atoms with van der Waals surface area (Å²) in [6, 6.07) is 8.72. The topological polar surface area (TPSA) is 0 Å². The number of aryl methyl sites for hydroxylation is 2. The number of fused-ring (bicyclic) bond motifs is 2. The van der Waals surface area contributed by atoms with E-state index < -0.39 is 0 Å². The van der Waals surface area contributed by atoms with E-state index in [1.807, 2.05) is 0 Å². The molecule has 0 spiro atoms. The van der Waals surface area contributed by atoms with Gasteiger partial charge in [0.1, 0.15) is 0 Å². The Balaban J connectivity index is 2.58. The lowest BCUT2D eigenvalue weighted by molar-refractivity contribution is 1.49. The average molecular weight is 168 g/mol. The number of hydrogen-bond acceptors (Lipinski definition) is 0. The Morgan fingerprint density at radius 3 is 1.77 bits per heavy atom. The van der Waals surface area contributed by atoms with Crippen LogP contribution in [0.3, 0.4) is 0 Å². The normalized spacial score (nSPS) is 13.1.